The van der Waals surface area contributed by atoms with Gasteiger partial charge in [0, 0.05) is 0 Å². The molecule has 2 N–H and O–H groups in total. The molecule has 0 atom stereocenters. The molecule has 2 heterocycles. The van der Waals surface area contributed by atoms with Crippen LogP contribution in [0.25, 0.3) is 11.0 Å². The van der Waals surface area contributed by atoms with Crippen LogP contribution in [-0.2, 0) is 0 Å². The Labute approximate surface area is 127 Å². The number of fused-ring (bicyclic) bond motifs is 1. The second-order valence-corrected chi connectivity index (χ2v) is 4.70. The summed E-state index contributed by atoms with van der Waals surface area (Å²) in [5.41, 5.74) is 6.19. The van der Waals surface area contributed by atoms with Gasteiger partial charge in [-0.3, -0.25) is 0 Å². The van der Waals surface area contributed by atoms with E-state index in [9.17, 15) is 4.39 Å². The van der Waals surface area contributed by atoms with Crippen LogP contribution in [0.1, 0.15) is 0 Å². The number of hydrogen-bond acceptors (Lipinski definition) is 6. The summed E-state index contributed by atoms with van der Waals surface area (Å²) in [6, 6.07) is 2.75. The topological polar surface area (TPSA) is 86.8 Å². The molecule has 0 spiro atoms. The number of hydrogen-bond donors (Lipinski definition) is 1. The SMILES string of the molecule is Nc1ncc2ncnc(Oc3ccc(Cl)c(Cl)c3F)c2n1. The predicted molar refractivity (Wildman–Crippen MR) is 76.0 cm³/mol. The van der Waals surface area contributed by atoms with Crippen LogP contribution in [0.3, 0.4) is 0 Å². The molecule has 3 rings (SSSR count). The molecule has 106 valence electrons. The predicted octanol–water partition coefficient (Wildman–Crippen LogP) is 3.24. The average molecular weight is 326 g/mol. The van der Waals surface area contributed by atoms with Gasteiger partial charge in [-0.1, -0.05) is 23.2 Å². The first-order valence-corrected chi connectivity index (χ1v) is 6.36. The smallest absolute Gasteiger partial charge is 0.249 e. The number of anilines is 1. The van der Waals surface area contributed by atoms with E-state index in [2.05, 4.69) is 19.9 Å². The van der Waals surface area contributed by atoms with Gasteiger partial charge in [-0.05, 0) is 12.1 Å². The molecule has 6 nitrogen and oxygen atoms in total. The Morgan fingerprint density at radius 1 is 1.14 bits per heavy atom. The van der Waals surface area contributed by atoms with E-state index in [0.29, 0.717) is 5.52 Å². The molecule has 21 heavy (non-hydrogen) atoms. The van der Waals surface area contributed by atoms with Crippen molar-refractivity contribution in [1.29, 1.82) is 0 Å². The highest BCUT2D eigenvalue weighted by atomic mass is 35.5. The Morgan fingerprint density at radius 3 is 2.76 bits per heavy atom. The van der Waals surface area contributed by atoms with Crippen molar-refractivity contribution in [1.82, 2.24) is 19.9 Å². The van der Waals surface area contributed by atoms with Crippen LogP contribution in [0.4, 0.5) is 10.3 Å². The Balaban J connectivity index is 2.10. The zero-order valence-corrected chi connectivity index (χ0v) is 11.7. The lowest BCUT2D eigenvalue weighted by Gasteiger charge is -2.08. The van der Waals surface area contributed by atoms with Crippen molar-refractivity contribution in [3.05, 3.63) is 40.5 Å². The first-order chi connectivity index (χ1) is 10.1. The largest absolute Gasteiger partial charge is 0.434 e. The first-order valence-electron chi connectivity index (χ1n) is 5.61. The summed E-state index contributed by atoms with van der Waals surface area (Å²) in [5, 5.41) is -0.151. The van der Waals surface area contributed by atoms with Crippen LogP contribution in [0.15, 0.2) is 24.7 Å². The Morgan fingerprint density at radius 2 is 1.95 bits per heavy atom. The van der Waals surface area contributed by atoms with Crippen molar-refractivity contribution in [2.24, 2.45) is 0 Å². The van der Waals surface area contributed by atoms with Gasteiger partial charge in [0.2, 0.25) is 11.8 Å². The van der Waals surface area contributed by atoms with E-state index < -0.39 is 5.82 Å². The van der Waals surface area contributed by atoms with Crippen LogP contribution >= 0.6 is 23.2 Å². The molecule has 0 saturated carbocycles. The minimum atomic E-state index is -0.794. The fraction of sp³-hybridized carbons (Fsp3) is 0. The van der Waals surface area contributed by atoms with Gasteiger partial charge in [0.1, 0.15) is 11.8 Å². The van der Waals surface area contributed by atoms with Gasteiger partial charge in [-0.2, -0.15) is 4.98 Å². The summed E-state index contributed by atoms with van der Waals surface area (Å²) in [5.74, 6) is -0.873. The lowest BCUT2D eigenvalue weighted by Crippen LogP contribution is -1.99. The molecule has 9 heteroatoms. The van der Waals surface area contributed by atoms with E-state index in [1.807, 2.05) is 0 Å². The van der Waals surface area contributed by atoms with Gasteiger partial charge < -0.3 is 10.5 Å². The maximum absolute atomic E-state index is 14.0. The quantitative estimate of drug-likeness (QED) is 0.728. The van der Waals surface area contributed by atoms with Gasteiger partial charge in [-0.25, -0.2) is 19.3 Å². The summed E-state index contributed by atoms with van der Waals surface area (Å²) in [6.07, 6.45) is 2.66. The van der Waals surface area contributed by atoms with Gasteiger partial charge >= 0.3 is 0 Å². The fourth-order valence-electron chi connectivity index (χ4n) is 1.61. The van der Waals surface area contributed by atoms with E-state index in [1.165, 1.54) is 24.7 Å². The summed E-state index contributed by atoms with van der Waals surface area (Å²) in [7, 11) is 0. The number of rotatable bonds is 2. The number of halogens is 3. The Hall–Kier alpha value is -2.25. The highest BCUT2D eigenvalue weighted by molar-refractivity contribution is 6.42. The third kappa shape index (κ3) is 2.53. The summed E-state index contributed by atoms with van der Waals surface area (Å²) >= 11 is 11.4. The molecule has 0 bridgehead atoms. The maximum Gasteiger partial charge on any atom is 0.249 e. The van der Waals surface area contributed by atoms with Gasteiger partial charge in [0.15, 0.2) is 17.1 Å². The number of nitrogens with two attached hydrogens (primary N) is 1. The molecule has 0 unspecified atom stereocenters. The van der Waals surface area contributed by atoms with Crippen LogP contribution in [0, 0.1) is 5.82 Å². The van der Waals surface area contributed by atoms with E-state index in [1.54, 1.807) is 0 Å². The molecule has 0 fully saturated rings. The van der Waals surface area contributed by atoms with Crippen molar-refractivity contribution in [3.63, 3.8) is 0 Å². The minimum absolute atomic E-state index is 0.0248. The van der Waals surface area contributed by atoms with E-state index in [0.717, 1.165) is 0 Å². The second-order valence-electron chi connectivity index (χ2n) is 3.92. The third-order valence-corrected chi connectivity index (χ3v) is 3.35. The van der Waals surface area contributed by atoms with E-state index >= 15 is 0 Å². The van der Waals surface area contributed by atoms with E-state index in [4.69, 9.17) is 33.7 Å². The normalized spacial score (nSPS) is 10.8. The van der Waals surface area contributed by atoms with Gasteiger partial charge in [-0.15, -0.1) is 0 Å². The maximum atomic E-state index is 14.0. The van der Waals surface area contributed by atoms with Crippen molar-refractivity contribution < 1.29 is 9.13 Å². The van der Waals surface area contributed by atoms with Crippen molar-refractivity contribution in [3.8, 4) is 11.6 Å². The zero-order valence-electron chi connectivity index (χ0n) is 10.2. The molecular formula is C12H6Cl2FN5O. The Bertz CT molecular complexity index is 845. The zero-order chi connectivity index (χ0) is 15.0. The van der Waals surface area contributed by atoms with Crippen LogP contribution in [0.2, 0.25) is 10.0 Å². The molecule has 0 radical (unpaired) electrons. The summed E-state index contributed by atoms with van der Waals surface area (Å²) in [4.78, 5) is 15.7. The first kappa shape index (κ1) is 13.7. The molecule has 3 aromatic rings. The van der Waals surface area contributed by atoms with E-state index in [-0.39, 0.29) is 33.1 Å². The molecule has 1 aromatic carbocycles. The molecule has 0 aliphatic rings. The van der Waals surface area contributed by atoms with Crippen molar-refractivity contribution in [2.75, 3.05) is 5.73 Å². The average Bonchev–Trinajstić information content (AvgIpc) is 2.48. The molecule has 0 aliphatic carbocycles. The molecular weight excluding hydrogens is 320 g/mol. The Kier molecular flexibility index (Phi) is 3.44. The lowest BCUT2D eigenvalue weighted by molar-refractivity contribution is 0.431. The third-order valence-electron chi connectivity index (χ3n) is 2.57. The molecule has 0 saturated heterocycles. The second kappa shape index (κ2) is 5.27. The summed E-state index contributed by atoms with van der Waals surface area (Å²) < 4.78 is 19.4. The van der Waals surface area contributed by atoms with Crippen molar-refractivity contribution in [2.45, 2.75) is 0 Å². The molecule has 0 aliphatic heterocycles. The lowest BCUT2D eigenvalue weighted by atomic mass is 10.3. The number of nitrogen functional groups attached to an aromatic ring is 1. The van der Waals surface area contributed by atoms with Crippen LogP contribution in [-0.4, -0.2) is 19.9 Å². The van der Waals surface area contributed by atoms with Crippen LogP contribution in [0.5, 0.6) is 11.6 Å². The number of aromatic nitrogens is 4. The fourth-order valence-corrected chi connectivity index (χ4v) is 1.91. The monoisotopic (exact) mass is 325 g/mol. The highest BCUT2D eigenvalue weighted by Gasteiger charge is 2.15. The molecule has 2 aromatic heterocycles. The number of nitrogens with zero attached hydrogens (tertiary/aromatic N) is 4. The van der Waals surface area contributed by atoms with Gasteiger partial charge in [0.25, 0.3) is 0 Å². The molecule has 0 amide bonds. The number of ether oxygens (including phenoxy) is 1. The summed E-state index contributed by atoms with van der Waals surface area (Å²) in [6.45, 7) is 0. The standard InChI is InChI=1S/C12H6Cl2FN5O/c13-5-1-2-7(9(15)8(5)14)21-11-10-6(18-4-19-11)3-17-12(16)20-10/h1-4H,(H2,16,17,20). The number of benzene rings is 1. The highest BCUT2D eigenvalue weighted by Crippen LogP contribution is 2.34. The minimum Gasteiger partial charge on any atom is -0.434 e. The van der Waals surface area contributed by atoms with Gasteiger partial charge in [0.05, 0.1) is 16.2 Å². The van der Waals surface area contributed by atoms with Crippen molar-refractivity contribution >= 4 is 40.2 Å². The van der Waals surface area contributed by atoms with Crippen LogP contribution < -0.4 is 10.5 Å².